The third-order valence-corrected chi connectivity index (χ3v) is 6.69. The zero-order valence-electron chi connectivity index (χ0n) is 19.5. The predicted octanol–water partition coefficient (Wildman–Crippen LogP) is 3.41. The van der Waals surface area contributed by atoms with Gasteiger partial charge in [-0.1, -0.05) is 11.3 Å². The van der Waals surface area contributed by atoms with Gasteiger partial charge in [-0.3, -0.25) is 14.5 Å². The Morgan fingerprint density at radius 3 is 2.38 bits per heavy atom. The van der Waals surface area contributed by atoms with E-state index in [-0.39, 0.29) is 18.1 Å². The maximum atomic E-state index is 12.7. The molecule has 1 aliphatic heterocycles. The number of rotatable bonds is 5. The second-order valence-electron chi connectivity index (χ2n) is 8.55. The molecule has 0 bridgehead atoms. The van der Waals surface area contributed by atoms with E-state index in [1.54, 1.807) is 22.1 Å². The summed E-state index contributed by atoms with van der Waals surface area (Å²) in [5.74, 6) is -0.204. The lowest BCUT2D eigenvalue weighted by molar-refractivity contribution is -0.00523. The van der Waals surface area contributed by atoms with Gasteiger partial charge in [0.05, 0.1) is 29.3 Å². The highest BCUT2D eigenvalue weighted by Gasteiger charge is 2.26. The van der Waals surface area contributed by atoms with Crippen molar-refractivity contribution in [2.45, 2.75) is 53.4 Å². The average Bonchev–Trinajstić information content (AvgIpc) is 3.28. The number of ether oxygens (including phenoxy) is 1. The fourth-order valence-electron chi connectivity index (χ4n) is 4.05. The van der Waals surface area contributed by atoms with Crippen LogP contribution in [0.2, 0.25) is 0 Å². The molecule has 0 saturated carbocycles. The van der Waals surface area contributed by atoms with E-state index >= 15 is 0 Å². The molecule has 4 rings (SSSR count). The molecule has 4 heterocycles. The Morgan fingerprint density at radius 2 is 1.78 bits per heavy atom. The molecule has 0 aliphatic carbocycles. The number of carbonyl (C=O) groups is 1. The Bertz CT molecular complexity index is 1090. The molecular formula is C23H30N6O2S. The summed E-state index contributed by atoms with van der Waals surface area (Å²) in [4.78, 5) is 25.5. The largest absolute Gasteiger partial charge is 0.372 e. The summed E-state index contributed by atoms with van der Waals surface area (Å²) in [7, 11) is 1.83. The summed E-state index contributed by atoms with van der Waals surface area (Å²) >= 11 is 1.66. The van der Waals surface area contributed by atoms with Gasteiger partial charge < -0.3 is 15.0 Å². The molecule has 1 N–H and O–H groups in total. The highest BCUT2D eigenvalue weighted by atomic mass is 32.1. The van der Waals surface area contributed by atoms with Crippen molar-refractivity contribution < 1.29 is 9.53 Å². The summed E-state index contributed by atoms with van der Waals surface area (Å²) in [5, 5.41) is 8.23. The molecule has 1 fully saturated rings. The molecule has 0 unspecified atom stereocenters. The fourth-order valence-corrected chi connectivity index (χ4v) is 5.13. The van der Waals surface area contributed by atoms with E-state index in [9.17, 15) is 4.79 Å². The molecule has 170 valence electrons. The van der Waals surface area contributed by atoms with Gasteiger partial charge in [-0.05, 0) is 58.4 Å². The number of pyridine rings is 1. The van der Waals surface area contributed by atoms with Gasteiger partial charge in [0.1, 0.15) is 5.69 Å². The molecule has 1 aliphatic rings. The minimum atomic E-state index is -0.204. The monoisotopic (exact) mass is 454 g/mol. The normalized spacial score (nSPS) is 18.8. The lowest BCUT2D eigenvalue weighted by Crippen LogP contribution is -2.45. The minimum absolute atomic E-state index is 0.145. The van der Waals surface area contributed by atoms with Crippen LogP contribution in [-0.2, 0) is 18.3 Å². The fraction of sp³-hybridized carbons (Fsp3) is 0.478. The molecule has 32 heavy (non-hydrogen) atoms. The van der Waals surface area contributed by atoms with E-state index in [0.29, 0.717) is 12.2 Å². The number of aryl methyl sites for hydroxylation is 4. The standard InChI is InChI=1S/C23H30N6O2S/c1-13-7-18(8-14(2)25-13)21-20(10-24-22(30)19-9-15(3)28(6)27-19)26-23(32-21)29-11-16(4)31-17(5)12-29/h7-9,16-17H,10-12H2,1-6H3,(H,24,30)/t16-,17+. The Hall–Kier alpha value is -2.78. The number of aromatic nitrogens is 4. The van der Waals surface area contributed by atoms with Crippen LogP contribution in [0.25, 0.3) is 10.4 Å². The number of hydrogen-bond donors (Lipinski definition) is 1. The second-order valence-corrected chi connectivity index (χ2v) is 9.53. The summed E-state index contributed by atoms with van der Waals surface area (Å²) in [6.45, 7) is 12.0. The van der Waals surface area contributed by atoms with E-state index in [4.69, 9.17) is 9.72 Å². The van der Waals surface area contributed by atoms with E-state index in [2.05, 4.69) is 46.3 Å². The van der Waals surface area contributed by atoms with Crippen LogP contribution in [0.5, 0.6) is 0 Å². The smallest absolute Gasteiger partial charge is 0.272 e. The molecule has 3 aromatic rings. The second kappa shape index (κ2) is 8.99. The van der Waals surface area contributed by atoms with Gasteiger partial charge in [0.25, 0.3) is 5.91 Å². The molecule has 1 saturated heterocycles. The predicted molar refractivity (Wildman–Crippen MR) is 126 cm³/mol. The first-order valence-corrected chi connectivity index (χ1v) is 11.7. The van der Waals surface area contributed by atoms with Crippen LogP contribution in [0, 0.1) is 20.8 Å². The third kappa shape index (κ3) is 4.83. The van der Waals surface area contributed by atoms with Gasteiger partial charge in [0.15, 0.2) is 5.13 Å². The first-order chi connectivity index (χ1) is 15.2. The van der Waals surface area contributed by atoms with E-state index in [1.165, 1.54) is 0 Å². The number of hydrogen-bond acceptors (Lipinski definition) is 7. The molecule has 9 heteroatoms. The third-order valence-electron chi connectivity index (χ3n) is 5.48. The lowest BCUT2D eigenvalue weighted by atomic mass is 10.1. The average molecular weight is 455 g/mol. The van der Waals surface area contributed by atoms with Gasteiger partial charge in [-0.25, -0.2) is 4.98 Å². The van der Waals surface area contributed by atoms with Crippen molar-refractivity contribution in [3.63, 3.8) is 0 Å². The van der Waals surface area contributed by atoms with Gasteiger partial charge in [-0.15, -0.1) is 0 Å². The minimum Gasteiger partial charge on any atom is -0.372 e. The number of nitrogens with zero attached hydrogens (tertiary/aromatic N) is 5. The number of nitrogens with one attached hydrogen (secondary N) is 1. The lowest BCUT2D eigenvalue weighted by Gasteiger charge is -2.35. The highest BCUT2D eigenvalue weighted by Crippen LogP contribution is 2.36. The summed E-state index contributed by atoms with van der Waals surface area (Å²) < 4.78 is 7.59. The molecule has 8 nitrogen and oxygen atoms in total. The Labute approximate surface area is 192 Å². The van der Waals surface area contributed by atoms with Crippen LogP contribution in [0.4, 0.5) is 5.13 Å². The molecule has 0 spiro atoms. The van der Waals surface area contributed by atoms with Gasteiger partial charge in [0, 0.05) is 37.2 Å². The molecule has 1 amide bonds. The van der Waals surface area contributed by atoms with Crippen molar-refractivity contribution in [3.8, 4) is 10.4 Å². The van der Waals surface area contributed by atoms with Crippen molar-refractivity contribution in [1.29, 1.82) is 0 Å². The Balaban J connectivity index is 1.64. The topological polar surface area (TPSA) is 85.2 Å². The molecule has 3 aromatic heterocycles. The van der Waals surface area contributed by atoms with E-state index in [0.717, 1.165) is 51.4 Å². The van der Waals surface area contributed by atoms with Crippen LogP contribution < -0.4 is 10.2 Å². The van der Waals surface area contributed by atoms with Crippen molar-refractivity contribution in [2.75, 3.05) is 18.0 Å². The van der Waals surface area contributed by atoms with Crippen LogP contribution >= 0.6 is 11.3 Å². The maximum Gasteiger partial charge on any atom is 0.272 e. The molecule has 0 radical (unpaired) electrons. The van der Waals surface area contributed by atoms with Crippen molar-refractivity contribution in [2.24, 2.45) is 7.05 Å². The van der Waals surface area contributed by atoms with Gasteiger partial charge in [0.2, 0.25) is 0 Å². The van der Waals surface area contributed by atoms with Crippen LogP contribution in [0.1, 0.15) is 47.1 Å². The zero-order chi connectivity index (χ0) is 23.0. The summed E-state index contributed by atoms with van der Waals surface area (Å²) in [5.41, 5.74) is 5.19. The van der Waals surface area contributed by atoms with Crippen LogP contribution in [-0.4, -0.2) is 51.0 Å². The van der Waals surface area contributed by atoms with Crippen molar-refractivity contribution >= 4 is 22.4 Å². The maximum absolute atomic E-state index is 12.7. The molecule has 2 atom stereocenters. The number of anilines is 1. The first-order valence-electron chi connectivity index (χ1n) is 10.8. The van der Waals surface area contributed by atoms with Gasteiger partial charge in [-0.2, -0.15) is 5.10 Å². The summed E-state index contributed by atoms with van der Waals surface area (Å²) in [6, 6.07) is 5.93. The Morgan fingerprint density at radius 1 is 1.12 bits per heavy atom. The zero-order valence-corrected chi connectivity index (χ0v) is 20.3. The number of morpholine rings is 1. The van der Waals surface area contributed by atoms with Crippen molar-refractivity contribution in [3.05, 3.63) is 46.7 Å². The van der Waals surface area contributed by atoms with Crippen LogP contribution in [0.3, 0.4) is 0 Å². The Kier molecular flexibility index (Phi) is 6.30. The van der Waals surface area contributed by atoms with Gasteiger partial charge >= 0.3 is 0 Å². The number of thiazole rings is 1. The highest BCUT2D eigenvalue weighted by molar-refractivity contribution is 7.19. The van der Waals surface area contributed by atoms with E-state index < -0.39 is 0 Å². The number of amides is 1. The van der Waals surface area contributed by atoms with Crippen molar-refractivity contribution in [1.82, 2.24) is 25.1 Å². The SMILES string of the molecule is Cc1cc(-c2sc(N3C[C@@H](C)O[C@@H](C)C3)nc2CNC(=O)c2cc(C)n(C)n2)cc(C)n1. The summed E-state index contributed by atoms with van der Waals surface area (Å²) in [6.07, 6.45) is 0.291. The quantitative estimate of drug-likeness (QED) is 0.636. The molecule has 0 aromatic carbocycles. The van der Waals surface area contributed by atoms with E-state index in [1.807, 2.05) is 27.8 Å². The van der Waals surface area contributed by atoms with Crippen LogP contribution in [0.15, 0.2) is 18.2 Å². The number of carbonyl (C=O) groups excluding carboxylic acids is 1. The molecular weight excluding hydrogens is 424 g/mol. The first kappa shape index (κ1) is 22.4.